The number of benzene rings is 1. The monoisotopic (exact) mass is 319 g/mol. The minimum Gasteiger partial charge on any atom is -0.465 e. The molecule has 6 nitrogen and oxygen atoms in total. The molecule has 0 aliphatic rings. The summed E-state index contributed by atoms with van der Waals surface area (Å²) in [6.07, 6.45) is 1.71. The average molecular weight is 319 g/mol. The van der Waals surface area contributed by atoms with E-state index in [2.05, 4.69) is 4.98 Å². The lowest BCUT2D eigenvalue weighted by Gasteiger charge is -2.38. The zero-order valence-electron chi connectivity index (χ0n) is 14.0. The first-order chi connectivity index (χ1) is 10.6. The van der Waals surface area contributed by atoms with E-state index in [1.54, 1.807) is 46.0 Å². The van der Waals surface area contributed by atoms with Gasteiger partial charge in [-0.1, -0.05) is 0 Å². The maximum atomic E-state index is 11.8. The van der Waals surface area contributed by atoms with E-state index >= 15 is 0 Å². The molecule has 0 atom stereocenters. The highest BCUT2D eigenvalue weighted by Crippen LogP contribution is 2.26. The molecule has 124 valence electrons. The zero-order valence-corrected chi connectivity index (χ0v) is 14.0. The standard InChI is InChI=1S/C16H22BNO5/c1-15(2,20)16(3,4)23-17(21)12-8-10(14(19)22-5)9-13-11(12)6-7-18-13/h6-9,18,20-21H,1-5H3. The Labute approximate surface area is 135 Å². The third-order valence-corrected chi connectivity index (χ3v) is 4.27. The van der Waals surface area contributed by atoms with E-state index in [0.717, 1.165) is 5.39 Å². The molecule has 2 aromatic rings. The first kappa shape index (κ1) is 17.5. The molecule has 1 heterocycles. The number of H-pyrrole nitrogens is 1. The Morgan fingerprint density at radius 1 is 1.26 bits per heavy atom. The Balaban J connectivity index is 2.45. The molecule has 1 aromatic heterocycles. The maximum Gasteiger partial charge on any atom is 0.492 e. The number of esters is 1. The summed E-state index contributed by atoms with van der Waals surface area (Å²) in [5.41, 5.74) is -0.740. The zero-order chi connectivity index (χ0) is 17.4. The molecule has 1 aromatic carbocycles. The van der Waals surface area contributed by atoms with Crippen molar-refractivity contribution in [1.29, 1.82) is 0 Å². The predicted octanol–water partition coefficient (Wildman–Crippen LogP) is 1.21. The number of carbonyl (C=O) groups is 1. The van der Waals surface area contributed by atoms with Crippen LogP contribution in [0.1, 0.15) is 38.1 Å². The Morgan fingerprint density at radius 3 is 2.48 bits per heavy atom. The van der Waals surface area contributed by atoms with Crippen LogP contribution in [0, 0.1) is 0 Å². The van der Waals surface area contributed by atoms with Crippen LogP contribution in [0.4, 0.5) is 0 Å². The number of hydrogen-bond donors (Lipinski definition) is 3. The summed E-state index contributed by atoms with van der Waals surface area (Å²) in [4.78, 5) is 14.8. The van der Waals surface area contributed by atoms with Crippen LogP contribution in [0.25, 0.3) is 10.9 Å². The summed E-state index contributed by atoms with van der Waals surface area (Å²) in [5, 5.41) is 21.4. The molecular weight excluding hydrogens is 297 g/mol. The van der Waals surface area contributed by atoms with Gasteiger partial charge in [-0.15, -0.1) is 0 Å². The highest BCUT2D eigenvalue weighted by molar-refractivity contribution is 6.63. The lowest BCUT2D eigenvalue weighted by atomic mass is 9.74. The molecule has 0 unspecified atom stereocenters. The highest BCUT2D eigenvalue weighted by Gasteiger charge is 2.40. The van der Waals surface area contributed by atoms with Gasteiger partial charge in [0.2, 0.25) is 0 Å². The first-order valence-corrected chi connectivity index (χ1v) is 7.34. The highest BCUT2D eigenvalue weighted by atomic mass is 16.5. The first-order valence-electron chi connectivity index (χ1n) is 7.34. The van der Waals surface area contributed by atoms with Crippen LogP contribution in [0.2, 0.25) is 0 Å². The van der Waals surface area contributed by atoms with E-state index in [-0.39, 0.29) is 0 Å². The summed E-state index contributed by atoms with van der Waals surface area (Å²) in [6, 6.07) is 4.97. The van der Waals surface area contributed by atoms with Gasteiger partial charge in [0.1, 0.15) is 0 Å². The number of aromatic nitrogens is 1. The van der Waals surface area contributed by atoms with Gasteiger partial charge in [-0.3, -0.25) is 0 Å². The number of hydrogen-bond acceptors (Lipinski definition) is 5. The molecule has 0 spiro atoms. The number of carbonyl (C=O) groups excluding carboxylic acids is 1. The van der Waals surface area contributed by atoms with Crippen LogP contribution in [-0.2, 0) is 9.39 Å². The molecule has 0 radical (unpaired) electrons. The second-order valence-electron chi connectivity index (χ2n) is 6.54. The summed E-state index contributed by atoms with van der Waals surface area (Å²) < 4.78 is 10.4. The lowest BCUT2D eigenvalue weighted by molar-refractivity contribution is -0.0982. The number of aromatic amines is 1. The fourth-order valence-corrected chi connectivity index (χ4v) is 2.12. The van der Waals surface area contributed by atoms with Gasteiger partial charge in [0.15, 0.2) is 0 Å². The van der Waals surface area contributed by atoms with Crippen molar-refractivity contribution in [3.8, 4) is 0 Å². The van der Waals surface area contributed by atoms with E-state index in [1.165, 1.54) is 13.2 Å². The summed E-state index contributed by atoms with van der Waals surface area (Å²) >= 11 is 0. The minimum absolute atomic E-state index is 0.307. The van der Waals surface area contributed by atoms with E-state index < -0.39 is 24.3 Å². The van der Waals surface area contributed by atoms with E-state index in [0.29, 0.717) is 16.5 Å². The van der Waals surface area contributed by atoms with Gasteiger partial charge in [-0.2, -0.15) is 0 Å². The smallest absolute Gasteiger partial charge is 0.465 e. The van der Waals surface area contributed by atoms with Crippen LogP contribution in [0.3, 0.4) is 0 Å². The molecule has 0 aliphatic heterocycles. The summed E-state index contributed by atoms with van der Waals surface area (Å²) in [6.45, 7) is 6.59. The summed E-state index contributed by atoms with van der Waals surface area (Å²) in [5.74, 6) is -0.503. The lowest BCUT2D eigenvalue weighted by Crippen LogP contribution is -2.53. The number of ether oxygens (including phenoxy) is 1. The Hall–Kier alpha value is -1.83. The largest absolute Gasteiger partial charge is 0.492 e. The third kappa shape index (κ3) is 3.42. The van der Waals surface area contributed by atoms with Crippen molar-refractivity contribution in [2.24, 2.45) is 0 Å². The molecule has 0 amide bonds. The average Bonchev–Trinajstić information content (AvgIpc) is 2.91. The van der Waals surface area contributed by atoms with Crippen molar-refractivity contribution in [1.82, 2.24) is 4.98 Å². The quantitative estimate of drug-likeness (QED) is 0.569. The van der Waals surface area contributed by atoms with Gasteiger partial charge >= 0.3 is 13.1 Å². The van der Waals surface area contributed by atoms with Crippen molar-refractivity contribution in [3.05, 3.63) is 30.0 Å². The predicted molar refractivity (Wildman–Crippen MR) is 88.7 cm³/mol. The van der Waals surface area contributed by atoms with Gasteiger partial charge in [-0.25, -0.2) is 4.79 Å². The second kappa shape index (κ2) is 6.00. The third-order valence-electron chi connectivity index (χ3n) is 4.27. The van der Waals surface area contributed by atoms with Gasteiger partial charge in [0.25, 0.3) is 0 Å². The molecule has 7 heteroatoms. The van der Waals surface area contributed by atoms with Crippen molar-refractivity contribution >= 4 is 29.5 Å². The number of aliphatic hydroxyl groups is 1. The summed E-state index contributed by atoms with van der Waals surface area (Å²) in [7, 11) is -0.00932. The topological polar surface area (TPSA) is 91.8 Å². The fourth-order valence-electron chi connectivity index (χ4n) is 2.12. The molecule has 3 N–H and O–H groups in total. The van der Waals surface area contributed by atoms with Crippen LogP contribution >= 0.6 is 0 Å². The number of methoxy groups -OCH3 is 1. The molecule has 0 fully saturated rings. The van der Waals surface area contributed by atoms with Crippen molar-refractivity contribution in [2.75, 3.05) is 7.11 Å². The maximum absolute atomic E-state index is 11.8. The molecule has 0 saturated carbocycles. The van der Waals surface area contributed by atoms with E-state index in [1.807, 2.05) is 0 Å². The van der Waals surface area contributed by atoms with Gasteiger partial charge < -0.3 is 24.5 Å². The van der Waals surface area contributed by atoms with Crippen LogP contribution < -0.4 is 5.46 Å². The van der Waals surface area contributed by atoms with E-state index in [9.17, 15) is 14.9 Å². The number of rotatable bonds is 5. The number of nitrogens with one attached hydrogen (secondary N) is 1. The second-order valence-corrected chi connectivity index (χ2v) is 6.54. The molecule has 23 heavy (non-hydrogen) atoms. The fraction of sp³-hybridized carbons (Fsp3) is 0.438. The molecule has 0 saturated heterocycles. The minimum atomic E-state index is -1.31. The molecule has 0 bridgehead atoms. The van der Waals surface area contributed by atoms with Crippen LogP contribution in [-0.4, -0.2) is 46.5 Å². The van der Waals surface area contributed by atoms with Crippen molar-refractivity contribution in [2.45, 2.75) is 38.9 Å². The van der Waals surface area contributed by atoms with Crippen LogP contribution in [0.15, 0.2) is 24.4 Å². The Bertz CT molecular complexity index is 717. The Morgan fingerprint density at radius 2 is 1.91 bits per heavy atom. The normalized spacial score (nSPS) is 12.5. The van der Waals surface area contributed by atoms with Crippen molar-refractivity contribution in [3.63, 3.8) is 0 Å². The molecular formula is C16H22BNO5. The SMILES string of the molecule is COC(=O)c1cc(B(O)OC(C)(C)C(C)(C)O)c2cc[nH]c2c1. The van der Waals surface area contributed by atoms with Crippen LogP contribution in [0.5, 0.6) is 0 Å². The van der Waals surface area contributed by atoms with E-state index in [4.69, 9.17) is 9.39 Å². The Kier molecular flexibility index (Phi) is 4.57. The van der Waals surface area contributed by atoms with Gasteiger partial charge in [0, 0.05) is 11.7 Å². The van der Waals surface area contributed by atoms with Crippen molar-refractivity contribution < 1.29 is 24.3 Å². The molecule has 2 rings (SSSR count). The van der Waals surface area contributed by atoms with Gasteiger partial charge in [0.05, 0.1) is 23.9 Å². The number of fused-ring (bicyclic) bond motifs is 1. The molecule has 0 aliphatic carbocycles. The van der Waals surface area contributed by atoms with Gasteiger partial charge in [-0.05, 0) is 56.7 Å².